The molecule has 3 heterocycles. The number of ether oxygens (including phenoxy) is 2. The van der Waals surface area contributed by atoms with Gasteiger partial charge in [-0.3, -0.25) is 9.59 Å². The Bertz CT molecular complexity index is 982. The molecule has 2 aromatic rings. The van der Waals surface area contributed by atoms with Crippen molar-refractivity contribution in [2.75, 3.05) is 50.6 Å². The first-order valence-corrected chi connectivity index (χ1v) is 10.8. The molecule has 9 nitrogen and oxygen atoms in total. The van der Waals surface area contributed by atoms with Crippen molar-refractivity contribution in [3.05, 3.63) is 36.7 Å². The van der Waals surface area contributed by atoms with Crippen LogP contribution < -0.4 is 19.3 Å². The van der Waals surface area contributed by atoms with E-state index in [1.54, 1.807) is 24.4 Å². The molecule has 2 unspecified atom stereocenters. The second-order valence-electron chi connectivity index (χ2n) is 8.35. The monoisotopic (exact) mass is 439 g/mol. The summed E-state index contributed by atoms with van der Waals surface area (Å²) >= 11 is 0. The van der Waals surface area contributed by atoms with Crippen molar-refractivity contribution >= 4 is 23.3 Å². The van der Waals surface area contributed by atoms with Crippen molar-refractivity contribution in [1.82, 2.24) is 14.9 Å². The van der Waals surface area contributed by atoms with Gasteiger partial charge in [0.05, 0.1) is 19.6 Å². The molecular weight excluding hydrogens is 410 g/mol. The quantitative estimate of drug-likeness (QED) is 0.680. The van der Waals surface area contributed by atoms with E-state index in [4.69, 9.17) is 9.47 Å². The van der Waals surface area contributed by atoms with E-state index in [0.717, 1.165) is 18.5 Å². The fraction of sp³-hybridized carbons (Fsp3) is 0.478. The van der Waals surface area contributed by atoms with Crippen molar-refractivity contribution in [2.45, 2.75) is 25.4 Å². The second kappa shape index (κ2) is 9.42. The van der Waals surface area contributed by atoms with Gasteiger partial charge < -0.3 is 24.2 Å². The molecule has 9 heteroatoms. The van der Waals surface area contributed by atoms with Crippen LogP contribution in [-0.4, -0.2) is 73.6 Å². The van der Waals surface area contributed by atoms with Crippen LogP contribution in [0.3, 0.4) is 0 Å². The highest BCUT2D eigenvalue weighted by Crippen LogP contribution is 2.30. The van der Waals surface area contributed by atoms with Crippen LogP contribution in [0, 0.1) is 5.92 Å². The Morgan fingerprint density at radius 3 is 2.78 bits per heavy atom. The highest BCUT2D eigenvalue weighted by molar-refractivity contribution is 6.00. The molecule has 2 saturated heterocycles. The molecule has 2 aliphatic rings. The molecular formula is C23H29N5O4. The number of rotatable bonds is 6. The zero-order chi connectivity index (χ0) is 22.7. The Morgan fingerprint density at radius 1 is 1.19 bits per heavy atom. The lowest BCUT2D eigenvalue weighted by molar-refractivity contribution is -0.138. The van der Waals surface area contributed by atoms with Crippen LogP contribution in [-0.2, 0) is 9.59 Å². The molecule has 2 fully saturated rings. The SMILES string of the molecule is COc1cccc(N2CC(C(=O)N3CCCC(Oc4nccnc4N(C)C)C3)CC2=O)c1. The van der Waals surface area contributed by atoms with Gasteiger partial charge in [0.15, 0.2) is 5.82 Å². The largest absolute Gasteiger partial charge is 0.497 e. The Hall–Kier alpha value is -3.36. The van der Waals surface area contributed by atoms with Crippen LogP contribution in [0.4, 0.5) is 11.5 Å². The van der Waals surface area contributed by atoms with Crippen LogP contribution >= 0.6 is 0 Å². The minimum absolute atomic E-state index is 0.00373. The molecule has 170 valence electrons. The van der Waals surface area contributed by atoms with Gasteiger partial charge in [-0.1, -0.05) is 6.07 Å². The van der Waals surface area contributed by atoms with Gasteiger partial charge in [-0.05, 0) is 25.0 Å². The molecule has 0 bridgehead atoms. The van der Waals surface area contributed by atoms with Gasteiger partial charge in [0.2, 0.25) is 11.8 Å². The number of hydrogen-bond acceptors (Lipinski definition) is 7. The van der Waals surface area contributed by atoms with E-state index < -0.39 is 0 Å². The lowest BCUT2D eigenvalue weighted by Crippen LogP contribution is -2.47. The van der Waals surface area contributed by atoms with Crippen LogP contribution in [0.2, 0.25) is 0 Å². The number of aromatic nitrogens is 2. The molecule has 1 aromatic carbocycles. The molecule has 4 rings (SSSR count). The van der Waals surface area contributed by atoms with Gasteiger partial charge in [-0.2, -0.15) is 0 Å². The van der Waals surface area contributed by atoms with Crippen LogP contribution in [0.15, 0.2) is 36.7 Å². The average Bonchev–Trinajstić information content (AvgIpc) is 3.20. The number of nitrogens with zero attached hydrogens (tertiary/aromatic N) is 5. The maximum atomic E-state index is 13.2. The van der Waals surface area contributed by atoms with Crippen molar-refractivity contribution < 1.29 is 19.1 Å². The number of benzene rings is 1. The number of piperidine rings is 1. The third kappa shape index (κ3) is 4.61. The third-order valence-corrected chi connectivity index (χ3v) is 5.88. The number of methoxy groups -OCH3 is 1. The van der Waals surface area contributed by atoms with Crippen LogP contribution in [0.1, 0.15) is 19.3 Å². The van der Waals surface area contributed by atoms with Gasteiger partial charge in [-0.25, -0.2) is 9.97 Å². The first kappa shape index (κ1) is 21.9. The fourth-order valence-electron chi connectivity index (χ4n) is 4.26. The molecule has 1 aromatic heterocycles. The minimum atomic E-state index is -0.360. The summed E-state index contributed by atoms with van der Waals surface area (Å²) in [5, 5.41) is 0. The van der Waals surface area contributed by atoms with Crippen LogP contribution in [0.25, 0.3) is 0 Å². The molecule has 0 radical (unpaired) electrons. The predicted molar refractivity (Wildman–Crippen MR) is 120 cm³/mol. The van der Waals surface area contributed by atoms with E-state index in [-0.39, 0.29) is 30.3 Å². The number of hydrogen-bond donors (Lipinski definition) is 0. The van der Waals surface area contributed by atoms with E-state index in [0.29, 0.717) is 37.1 Å². The Morgan fingerprint density at radius 2 is 2.00 bits per heavy atom. The Kier molecular flexibility index (Phi) is 6.43. The normalized spacial score (nSPS) is 20.9. The van der Waals surface area contributed by atoms with E-state index >= 15 is 0 Å². The summed E-state index contributed by atoms with van der Waals surface area (Å²) in [5.41, 5.74) is 0.753. The first-order valence-electron chi connectivity index (χ1n) is 10.8. The lowest BCUT2D eigenvalue weighted by Gasteiger charge is -2.34. The molecule has 0 aliphatic carbocycles. The summed E-state index contributed by atoms with van der Waals surface area (Å²) in [6.07, 6.45) is 4.97. The number of amides is 2. The topological polar surface area (TPSA) is 88.1 Å². The molecule has 0 spiro atoms. The summed E-state index contributed by atoms with van der Waals surface area (Å²) < 4.78 is 11.4. The number of carbonyl (C=O) groups is 2. The molecule has 2 atom stereocenters. The standard InChI is InChI=1S/C23H29N5O4/c1-26(2)21-22(25-10-9-24-21)32-19-8-5-11-27(15-19)23(30)16-12-20(29)28(14-16)17-6-4-7-18(13-17)31-3/h4,6-7,9-10,13,16,19H,5,8,11-12,14-15H2,1-3H3. The summed E-state index contributed by atoms with van der Waals surface area (Å²) in [5.74, 6) is 1.41. The number of likely N-dealkylation sites (tertiary alicyclic amines) is 1. The van der Waals surface area contributed by atoms with Gasteiger partial charge in [0.25, 0.3) is 5.88 Å². The Balaban J connectivity index is 1.41. The van der Waals surface area contributed by atoms with Crippen molar-refractivity contribution in [3.63, 3.8) is 0 Å². The third-order valence-electron chi connectivity index (χ3n) is 5.88. The maximum absolute atomic E-state index is 13.2. The minimum Gasteiger partial charge on any atom is -0.497 e. The van der Waals surface area contributed by atoms with E-state index in [9.17, 15) is 9.59 Å². The van der Waals surface area contributed by atoms with Gasteiger partial charge >= 0.3 is 0 Å². The maximum Gasteiger partial charge on any atom is 0.257 e. The van der Waals surface area contributed by atoms with Crippen molar-refractivity contribution in [3.8, 4) is 11.6 Å². The number of carbonyl (C=O) groups excluding carboxylic acids is 2. The molecule has 0 N–H and O–H groups in total. The fourth-order valence-corrected chi connectivity index (χ4v) is 4.26. The lowest BCUT2D eigenvalue weighted by atomic mass is 10.0. The molecule has 2 amide bonds. The predicted octanol–water partition coefficient (Wildman–Crippen LogP) is 1.97. The van der Waals surface area contributed by atoms with Gasteiger partial charge in [0.1, 0.15) is 11.9 Å². The first-order chi connectivity index (χ1) is 15.5. The van der Waals surface area contributed by atoms with E-state index in [1.807, 2.05) is 48.2 Å². The zero-order valence-electron chi connectivity index (χ0n) is 18.7. The highest BCUT2D eigenvalue weighted by Gasteiger charge is 2.38. The summed E-state index contributed by atoms with van der Waals surface area (Å²) in [6.45, 7) is 1.53. The smallest absolute Gasteiger partial charge is 0.257 e. The van der Waals surface area contributed by atoms with Gasteiger partial charge in [-0.15, -0.1) is 0 Å². The van der Waals surface area contributed by atoms with Crippen molar-refractivity contribution in [2.24, 2.45) is 5.92 Å². The second-order valence-corrected chi connectivity index (χ2v) is 8.35. The van der Waals surface area contributed by atoms with E-state index in [2.05, 4.69) is 9.97 Å². The highest BCUT2D eigenvalue weighted by atomic mass is 16.5. The summed E-state index contributed by atoms with van der Waals surface area (Å²) in [4.78, 5) is 39.9. The van der Waals surface area contributed by atoms with Gasteiger partial charge in [0, 0.05) is 57.8 Å². The zero-order valence-corrected chi connectivity index (χ0v) is 18.7. The number of anilines is 2. The summed E-state index contributed by atoms with van der Waals surface area (Å²) in [7, 11) is 5.37. The average molecular weight is 440 g/mol. The van der Waals surface area contributed by atoms with E-state index in [1.165, 1.54) is 0 Å². The molecule has 0 saturated carbocycles. The van der Waals surface area contributed by atoms with Crippen LogP contribution in [0.5, 0.6) is 11.6 Å². The molecule has 2 aliphatic heterocycles. The Labute approximate surface area is 187 Å². The molecule has 32 heavy (non-hydrogen) atoms. The summed E-state index contributed by atoms with van der Waals surface area (Å²) in [6, 6.07) is 7.36. The van der Waals surface area contributed by atoms with Crippen molar-refractivity contribution in [1.29, 1.82) is 0 Å².